The van der Waals surface area contributed by atoms with Crippen molar-refractivity contribution in [3.8, 4) is 11.6 Å². The highest BCUT2D eigenvalue weighted by Gasteiger charge is 2.69. The summed E-state index contributed by atoms with van der Waals surface area (Å²) in [6.45, 7) is 18.3. The summed E-state index contributed by atoms with van der Waals surface area (Å²) in [5, 5.41) is 18.1. The first-order valence-electron chi connectivity index (χ1n) is 21.0. The van der Waals surface area contributed by atoms with E-state index in [1.165, 1.54) is 0 Å². The normalized spacial score (nSPS) is 23.1. The van der Waals surface area contributed by atoms with Crippen LogP contribution in [0.25, 0.3) is 16.5 Å². The van der Waals surface area contributed by atoms with Crippen molar-refractivity contribution in [1.29, 1.82) is 0 Å². The van der Waals surface area contributed by atoms with E-state index < -0.39 is 60.2 Å². The van der Waals surface area contributed by atoms with E-state index in [4.69, 9.17) is 23.2 Å². The molecule has 0 spiro atoms. The highest BCUT2D eigenvalue weighted by molar-refractivity contribution is 6.74. The van der Waals surface area contributed by atoms with Gasteiger partial charge in [-0.3, -0.25) is 19.4 Å². The molecular weight excluding hydrogens is 779 g/mol. The number of rotatable bonds is 9. The van der Waals surface area contributed by atoms with Crippen molar-refractivity contribution in [1.82, 2.24) is 15.0 Å². The molecule has 4 atom stereocenters. The zero-order chi connectivity index (χ0) is 43.1. The predicted octanol–water partition coefficient (Wildman–Crippen LogP) is 9.22. The fraction of sp³-hybridized carbons (Fsp3) is 0.489. The van der Waals surface area contributed by atoms with Crippen molar-refractivity contribution < 1.29 is 42.6 Å². The van der Waals surface area contributed by atoms with Gasteiger partial charge in [-0.1, -0.05) is 69.3 Å². The summed E-state index contributed by atoms with van der Waals surface area (Å²) in [6, 6.07) is 16.8. The summed E-state index contributed by atoms with van der Waals surface area (Å²) in [6.07, 6.45) is 0.857. The third-order valence-electron chi connectivity index (χ3n) is 13.1. The Balaban J connectivity index is 1.33. The lowest BCUT2D eigenvalue weighted by Gasteiger charge is -2.55. The van der Waals surface area contributed by atoms with Crippen molar-refractivity contribution >= 4 is 42.6 Å². The molecule has 2 heterocycles. The third-order valence-corrected chi connectivity index (χ3v) is 17.6. The number of nitrogens with zero attached hydrogens (tertiary/aromatic N) is 3. The van der Waals surface area contributed by atoms with Crippen molar-refractivity contribution in [2.75, 3.05) is 27.2 Å². The van der Waals surface area contributed by atoms with Crippen molar-refractivity contribution in [2.45, 2.75) is 109 Å². The Hall–Kier alpha value is -4.82. The smallest absolute Gasteiger partial charge is 0.507 e. The van der Waals surface area contributed by atoms with E-state index in [1.54, 1.807) is 20.8 Å². The van der Waals surface area contributed by atoms with E-state index >= 15 is 9.59 Å². The molecule has 0 bridgehead atoms. The number of hydrogen-bond donors (Lipinski definition) is 1. The van der Waals surface area contributed by atoms with Crippen LogP contribution in [-0.4, -0.2) is 84.5 Å². The maximum Gasteiger partial charge on any atom is 0.514 e. The quantitative estimate of drug-likeness (QED) is 0.0744. The van der Waals surface area contributed by atoms with Crippen molar-refractivity contribution in [3.05, 3.63) is 93.7 Å². The number of hydrogen-bond acceptors (Lipinski definition) is 12. The van der Waals surface area contributed by atoms with Crippen LogP contribution in [0.15, 0.2) is 64.7 Å². The molecule has 1 saturated heterocycles. The Morgan fingerprint density at radius 3 is 2.33 bits per heavy atom. The molecule has 1 aromatic heterocycles. The number of ether oxygens (including phenoxy) is 3. The van der Waals surface area contributed by atoms with Gasteiger partial charge in [-0.2, -0.15) is 0 Å². The van der Waals surface area contributed by atoms with Crippen LogP contribution in [0, 0.1) is 11.8 Å². The van der Waals surface area contributed by atoms with E-state index in [2.05, 4.69) is 43.0 Å². The van der Waals surface area contributed by atoms with E-state index in [1.807, 2.05) is 74.6 Å². The van der Waals surface area contributed by atoms with Gasteiger partial charge in [0.2, 0.25) is 11.6 Å². The zero-order valence-corrected chi connectivity index (χ0v) is 37.4. The van der Waals surface area contributed by atoms with Crippen LogP contribution in [-0.2, 0) is 33.5 Å². The average Bonchev–Trinajstić information content (AvgIpc) is 3.55. The first-order valence-corrected chi connectivity index (χ1v) is 23.9. The molecule has 4 aliphatic rings. The molecule has 12 nitrogen and oxygen atoms in total. The maximum atomic E-state index is 16.0. The van der Waals surface area contributed by atoms with E-state index in [-0.39, 0.29) is 40.7 Å². The van der Waals surface area contributed by atoms with E-state index in [9.17, 15) is 9.90 Å². The van der Waals surface area contributed by atoms with Gasteiger partial charge in [0.05, 0.1) is 11.6 Å². The standard InChI is InChI=1S/C47H57N3O9Si/c1-45(2,3)57-44(54)56-39-31-19-14-18-28(25-50-20-15-21-50)32(31)23-29-22-30-24-33-37(49(7)8)40-36(43(48-58-40)55-26-27-16-12-11-13-17-27)42(53)47(33,59-60(9,10)46(4,5)6)41(52)35(30)38(51)34(29)39/h11-14,16-19,23,30,33,37,51H,15,20-22,24-26H2,1-10H3/t30-,33-,37-,47-/m0/s1. The summed E-state index contributed by atoms with van der Waals surface area (Å²) < 4.78 is 31.3. The van der Waals surface area contributed by atoms with Crippen LogP contribution in [0.3, 0.4) is 0 Å². The Morgan fingerprint density at radius 2 is 1.70 bits per heavy atom. The van der Waals surface area contributed by atoms with Crippen molar-refractivity contribution in [3.63, 3.8) is 0 Å². The summed E-state index contributed by atoms with van der Waals surface area (Å²) in [5.41, 5.74) is 0.128. The minimum absolute atomic E-state index is 0.0157. The number of aromatic nitrogens is 1. The average molecular weight is 836 g/mol. The minimum Gasteiger partial charge on any atom is -0.507 e. The molecule has 13 heteroatoms. The number of likely N-dealkylation sites (tertiary alicyclic amines) is 1. The number of fused-ring (bicyclic) bond motifs is 5. The van der Waals surface area contributed by atoms with Crippen LogP contribution in [0.1, 0.15) is 98.8 Å². The second kappa shape index (κ2) is 15.0. The topological polar surface area (TPSA) is 141 Å². The zero-order valence-electron chi connectivity index (χ0n) is 36.4. The molecule has 0 radical (unpaired) electrons. The SMILES string of the molecule is CN(C)[C@@H]1c2onc(OCc3ccccc3)c2C(=O)[C@@]2(O[Si](C)(C)C(C)(C)C)C(=O)C3=C(O)c4c(cc5c(CN6CCC6)cccc5c4OC(=O)OC(C)(C)C)C[C@H]3C[C@@H]12. The van der Waals surface area contributed by atoms with E-state index in [0.29, 0.717) is 24.0 Å². The third kappa shape index (κ3) is 7.06. The second-order valence-electron chi connectivity index (χ2n) is 19.6. The predicted molar refractivity (Wildman–Crippen MR) is 230 cm³/mol. The van der Waals surface area contributed by atoms with Gasteiger partial charge >= 0.3 is 6.16 Å². The Morgan fingerprint density at radius 1 is 0.983 bits per heavy atom. The largest absolute Gasteiger partial charge is 0.514 e. The fourth-order valence-corrected chi connectivity index (χ4v) is 10.6. The monoisotopic (exact) mass is 835 g/mol. The molecule has 0 amide bonds. The van der Waals surface area contributed by atoms with Gasteiger partial charge in [-0.15, -0.1) is 0 Å². The van der Waals surface area contributed by atoms with Gasteiger partial charge < -0.3 is 28.3 Å². The number of ketones is 2. The summed E-state index contributed by atoms with van der Waals surface area (Å²) in [4.78, 5) is 49.4. The van der Waals surface area contributed by atoms with E-state index in [0.717, 1.165) is 48.1 Å². The number of carbonyl (C=O) groups excluding carboxylic acids is 3. The van der Waals surface area contributed by atoms with Gasteiger partial charge in [-0.05, 0) is 125 Å². The molecule has 4 aromatic rings. The van der Waals surface area contributed by atoms with Crippen LogP contribution >= 0.6 is 0 Å². The molecule has 60 heavy (non-hydrogen) atoms. The van der Waals surface area contributed by atoms with Crippen molar-refractivity contribution in [2.24, 2.45) is 11.8 Å². The molecule has 1 saturated carbocycles. The Bertz CT molecular complexity index is 2400. The molecule has 318 valence electrons. The molecule has 3 aromatic carbocycles. The highest BCUT2D eigenvalue weighted by atomic mass is 28.4. The Labute approximate surface area is 352 Å². The highest BCUT2D eigenvalue weighted by Crippen LogP contribution is 2.59. The van der Waals surface area contributed by atoms with Crippen LogP contribution in [0.2, 0.25) is 18.1 Å². The lowest BCUT2D eigenvalue weighted by Crippen LogP contribution is -2.68. The first kappa shape index (κ1) is 41.9. The summed E-state index contributed by atoms with van der Waals surface area (Å²) in [5.74, 6) is -2.34. The van der Waals surface area contributed by atoms with Gasteiger partial charge in [0.15, 0.2) is 25.4 Å². The Kier molecular flexibility index (Phi) is 10.4. The summed E-state index contributed by atoms with van der Waals surface area (Å²) in [7, 11) is 0.832. The van der Waals surface area contributed by atoms with Crippen LogP contribution in [0.5, 0.6) is 11.6 Å². The number of aliphatic hydroxyl groups excluding tert-OH is 1. The lowest BCUT2D eigenvalue weighted by molar-refractivity contribution is -0.140. The molecule has 1 N–H and O–H groups in total. The second-order valence-corrected chi connectivity index (χ2v) is 24.3. The molecular formula is C47H57N3O9Si. The van der Waals surface area contributed by atoms with Crippen LogP contribution < -0.4 is 9.47 Å². The summed E-state index contributed by atoms with van der Waals surface area (Å²) >= 11 is 0. The van der Waals surface area contributed by atoms with Gasteiger partial charge in [0.1, 0.15) is 23.5 Å². The molecule has 0 unspecified atom stereocenters. The van der Waals surface area contributed by atoms with Crippen LogP contribution in [0.4, 0.5) is 4.79 Å². The minimum atomic E-state index is -2.95. The van der Waals surface area contributed by atoms with Gasteiger partial charge in [0.25, 0.3) is 5.88 Å². The number of carbonyl (C=O) groups is 3. The van der Waals surface area contributed by atoms with Gasteiger partial charge in [0, 0.05) is 23.4 Å². The fourth-order valence-electron chi connectivity index (χ4n) is 9.17. The first-order chi connectivity index (χ1) is 28.2. The van der Waals surface area contributed by atoms with Gasteiger partial charge in [-0.25, -0.2) is 4.79 Å². The maximum absolute atomic E-state index is 16.0. The molecule has 8 rings (SSSR count). The lowest BCUT2D eigenvalue weighted by atomic mass is 9.57. The number of Topliss-reactive ketones (excluding diaryl/α,β-unsaturated/α-hetero) is 2. The molecule has 1 aliphatic heterocycles. The molecule has 2 fully saturated rings. The number of aliphatic hydroxyl groups is 1. The molecule has 3 aliphatic carbocycles. The number of benzene rings is 3.